The van der Waals surface area contributed by atoms with Crippen LogP contribution in [-0.4, -0.2) is 0 Å². The molecule has 68 valence electrons. The summed E-state index contributed by atoms with van der Waals surface area (Å²) in [5, 5.41) is 8.79. The van der Waals surface area contributed by atoms with Gasteiger partial charge in [-0.2, -0.15) is 5.26 Å². The monoisotopic (exact) mass is 237 g/mol. The van der Waals surface area contributed by atoms with Gasteiger partial charge in [-0.15, -0.1) is 0 Å². The zero-order valence-corrected chi connectivity index (χ0v) is 9.26. The van der Waals surface area contributed by atoms with E-state index >= 15 is 0 Å². The molecule has 0 N–H and O–H groups in total. The molecule has 1 aromatic carbocycles. The van der Waals surface area contributed by atoms with Gasteiger partial charge in [-0.05, 0) is 46.5 Å². The van der Waals surface area contributed by atoms with Crippen LogP contribution in [0.2, 0.25) is 0 Å². The summed E-state index contributed by atoms with van der Waals surface area (Å²) in [5.41, 5.74) is 1.98. The lowest BCUT2D eigenvalue weighted by Gasteiger charge is -2.01. The first-order chi connectivity index (χ1) is 6.27. The first-order valence-electron chi connectivity index (χ1n) is 4.46. The summed E-state index contributed by atoms with van der Waals surface area (Å²) < 4.78 is 0.884. The van der Waals surface area contributed by atoms with Crippen molar-refractivity contribution in [3.8, 4) is 6.07 Å². The number of unbranched alkanes of at least 4 members (excludes halogenated alkanes) is 1. The highest BCUT2D eigenvalue weighted by Crippen LogP contribution is 2.18. The predicted octanol–water partition coefficient (Wildman–Crippen LogP) is 3.66. The van der Waals surface area contributed by atoms with Gasteiger partial charge in [0.05, 0.1) is 5.56 Å². The highest BCUT2D eigenvalue weighted by molar-refractivity contribution is 9.10. The van der Waals surface area contributed by atoms with Gasteiger partial charge in [0.15, 0.2) is 0 Å². The molecule has 0 aromatic heterocycles. The van der Waals surface area contributed by atoms with E-state index in [-0.39, 0.29) is 0 Å². The van der Waals surface area contributed by atoms with E-state index in [1.807, 2.05) is 12.1 Å². The van der Waals surface area contributed by atoms with E-state index in [1.165, 1.54) is 18.4 Å². The standard InChI is InChI=1S/C11H12BrN/c1-2-3-4-9-5-6-11(12)10(7-9)8-13/h5-7H,2-4H2,1H3. The number of benzene rings is 1. The predicted molar refractivity (Wildman–Crippen MR) is 57.5 cm³/mol. The Balaban J connectivity index is 2.82. The molecule has 0 bridgehead atoms. The van der Waals surface area contributed by atoms with Crippen molar-refractivity contribution in [2.45, 2.75) is 26.2 Å². The maximum Gasteiger partial charge on any atom is 0.100 e. The molecule has 0 heterocycles. The molecular weight excluding hydrogens is 226 g/mol. The Morgan fingerprint density at radius 3 is 2.85 bits per heavy atom. The van der Waals surface area contributed by atoms with E-state index < -0.39 is 0 Å². The van der Waals surface area contributed by atoms with E-state index in [9.17, 15) is 0 Å². The molecule has 0 fully saturated rings. The fourth-order valence-electron chi connectivity index (χ4n) is 1.19. The largest absolute Gasteiger partial charge is 0.192 e. The Bertz CT molecular complexity index is 325. The Kier molecular flexibility index (Phi) is 3.98. The molecule has 13 heavy (non-hydrogen) atoms. The van der Waals surface area contributed by atoms with Crippen molar-refractivity contribution in [1.29, 1.82) is 5.26 Å². The Hall–Kier alpha value is -0.810. The summed E-state index contributed by atoms with van der Waals surface area (Å²) in [6.45, 7) is 2.17. The lowest BCUT2D eigenvalue weighted by atomic mass is 10.1. The second-order valence-electron chi connectivity index (χ2n) is 3.03. The van der Waals surface area contributed by atoms with E-state index in [4.69, 9.17) is 5.26 Å². The molecule has 0 aliphatic rings. The zero-order chi connectivity index (χ0) is 9.68. The fourth-order valence-corrected chi connectivity index (χ4v) is 1.53. The fraction of sp³-hybridized carbons (Fsp3) is 0.364. The van der Waals surface area contributed by atoms with Crippen LogP contribution in [0.5, 0.6) is 0 Å². The maximum absolute atomic E-state index is 8.79. The van der Waals surface area contributed by atoms with Gasteiger partial charge >= 0.3 is 0 Å². The quantitative estimate of drug-likeness (QED) is 0.788. The van der Waals surface area contributed by atoms with Crippen molar-refractivity contribution in [3.63, 3.8) is 0 Å². The molecule has 0 atom stereocenters. The third-order valence-corrected chi connectivity index (χ3v) is 2.66. The topological polar surface area (TPSA) is 23.8 Å². The minimum atomic E-state index is 0.730. The van der Waals surface area contributed by atoms with Gasteiger partial charge in [-0.25, -0.2) is 0 Å². The number of nitriles is 1. The van der Waals surface area contributed by atoms with Crippen LogP contribution in [0.15, 0.2) is 22.7 Å². The Morgan fingerprint density at radius 2 is 2.23 bits per heavy atom. The first-order valence-corrected chi connectivity index (χ1v) is 5.25. The average molecular weight is 238 g/mol. The zero-order valence-electron chi connectivity index (χ0n) is 7.68. The molecule has 0 saturated heterocycles. The van der Waals surface area contributed by atoms with Crippen molar-refractivity contribution in [3.05, 3.63) is 33.8 Å². The van der Waals surface area contributed by atoms with Gasteiger partial charge in [0.25, 0.3) is 0 Å². The highest BCUT2D eigenvalue weighted by atomic mass is 79.9. The van der Waals surface area contributed by atoms with Crippen molar-refractivity contribution >= 4 is 15.9 Å². The summed E-state index contributed by atoms with van der Waals surface area (Å²) in [5.74, 6) is 0. The minimum Gasteiger partial charge on any atom is -0.192 e. The summed E-state index contributed by atoms with van der Waals surface area (Å²) in [7, 11) is 0. The average Bonchev–Trinajstić information content (AvgIpc) is 2.16. The molecule has 1 rings (SSSR count). The minimum absolute atomic E-state index is 0.730. The van der Waals surface area contributed by atoms with Crippen molar-refractivity contribution in [2.24, 2.45) is 0 Å². The molecule has 2 heteroatoms. The molecule has 0 radical (unpaired) electrons. The van der Waals surface area contributed by atoms with E-state index in [0.717, 1.165) is 16.5 Å². The molecule has 0 saturated carbocycles. The number of halogens is 1. The van der Waals surface area contributed by atoms with E-state index in [2.05, 4.69) is 35.0 Å². The molecular formula is C11H12BrN. The maximum atomic E-state index is 8.79. The number of rotatable bonds is 3. The second-order valence-corrected chi connectivity index (χ2v) is 3.88. The number of aryl methyl sites for hydroxylation is 1. The lowest BCUT2D eigenvalue weighted by Crippen LogP contribution is -1.86. The summed E-state index contributed by atoms with van der Waals surface area (Å²) >= 11 is 3.34. The molecule has 0 aliphatic heterocycles. The van der Waals surface area contributed by atoms with Crippen molar-refractivity contribution < 1.29 is 0 Å². The molecule has 0 unspecified atom stereocenters. The molecule has 1 nitrogen and oxygen atoms in total. The van der Waals surface area contributed by atoms with Crippen LogP contribution in [0.25, 0.3) is 0 Å². The van der Waals surface area contributed by atoms with Crippen LogP contribution in [0.1, 0.15) is 30.9 Å². The van der Waals surface area contributed by atoms with Gasteiger partial charge in [0.1, 0.15) is 6.07 Å². The number of hydrogen-bond donors (Lipinski definition) is 0. The lowest BCUT2D eigenvalue weighted by molar-refractivity contribution is 0.795. The van der Waals surface area contributed by atoms with Crippen molar-refractivity contribution in [1.82, 2.24) is 0 Å². The van der Waals surface area contributed by atoms with E-state index in [1.54, 1.807) is 0 Å². The SMILES string of the molecule is CCCCc1ccc(Br)c(C#N)c1. The summed E-state index contributed by atoms with van der Waals surface area (Å²) in [6, 6.07) is 8.14. The summed E-state index contributed by atoms with van der Waals surface area (Å²) in [6.07, 6.45) is 3.45. The smallest absolute Gasteiger partial charge is 0.100 e. The third-order valence-electron chi connectivity index (χ3n) is 1.97. The molecule has 0 aliphatic carbocycles. The van der Waals surface area contributed by atoms with Crippen LogP contribution >= 0.6 is 15.9 Å². The second kappa shape index (κ2) is 5.04. The van der Waals surface area contributed by atoms with E-state index in [0.29, 0.717) is 0 Å². The highest BCUT2D eigenvalue weighted by Gasteiger charge is 1.99. The van der Waals surface area contributed by atoms with Gasteiger partial charge in [-0.1, -0.05) is 19.4 Å². The van der Waals surface area contributed by atoms with Gasteiger partial charge in [-0.3, -0.25) is 0 Å². The van der Waals surface area contributed by atoms with Crippen LogP contribution in [-0.2, 0) is 6.42 Å². The normalized spacial score (nSPS) is 9.62. The first kappa shape index (κ1) is 10.3. The summed E-state index contributed by atoms with van der Waals surface area (Å²) in [4.78, 5) is 0. The number of nitrogens with zero attached hydrogens (tertiary/aromatic N) is 1. The third kappa shape index (κ3) is 2.86. The van der Waals surface area contributed by atoms with Crippen molar-refractivity contribution in [2.75, 3.05) is 0 Å². The van der Waals surface area contributed by atoms with Crippen LogP contribution in [0, 0.1) is 11.3 Å². The molecule has 0 spiro atoms. The Morgan fingerprint density at radius 1 is 1.46 bits per heavy atom. The van der Waals surface area contributed by atoms with Gasteiger partial charge in [0, 0.05) is 4.47 Å². The van der Waals surface area contributed by atoms with Gasteiger partial charge < -0.3 is 0 Å². The molecule has 1 aromatic rings. The number of hydrogen-bond acceptors (Lipinski definition) is 1. The Labute approximate surface area is 87.5 Å². The van der Waals surface area contributed by atoms with Crippen LogP contribution in [0.3, 0.4) is 0 Å². The van der Waals surface area contributed by atoms with Crippen LogP contribution < -0.4 is 0 Å². The molecule has 0 amide bonds. The van der Waals surface area contributed by atoms with Gasteiger partial charge in [0.2, 0.25) is 0 Å². The van der Waals surface area contributed by atoms with Crippen LogP contribution in [0.4, 0.5) is 0 Å².